The van der Waals surface area contributed by atoms with Crippen LogP contribution in [0.5, 0.6) is 0 Å². The second-order valence-corrected chi connectivity index (χ2v) is 5.41. The highest BCUT2D eigenvalue weighted by molar-refractivity contribution is 5.87. The van der Waals surface area contributed by atoms with Crippen LogP contribution in [-0.4, -0.2) is 24.8 Å². The highest BCUT2D eigenvalue weighted by Crippen LogP contribution is 2.12. The van der Waals surface area contributed by atoms with Gasteiger partial charge in [-0.2, -0.15) is 0 Å². The molecule has 0 aliphatic carbocycles. The molecule has 1 aromatic rings. The summed E-state index contributed by atoms with van der Waals surface area (Å²) in [6.45, 7) is 5.73. The fourth-order valence-electron chi connectivity index (χ4n) is 1.57. The standard InChI is InChI=1S/C16H21NO4/c1-16(2,3)21-15(19)17-11-13-8-6-5-7-12(13)9-10-14(18)20-4/h5-10H,11H2,1-4H3,(H,17,19)/b10-9+. The second-order valence-electron chi connectivity index (χ2n) is 5.41. The molecule has 0 aliphatic rings. The monoisotopic (exact) mass is 291 g/mol. The molecule has 5 heteroatoms. The summed E-state index contributed by atoms with van der Waals surface area (Å²) in [4.78, 5) is 22.8. The van der Waals surface area contributed by atoms with E-state index >= 15 is 0 Å². The van der Waals surface area contributed by atoms with Gasteiger partial charge in [-0.3, -0.25) is 0 Å². The number of benzene rings is 1. The van der Waals surface area contributed by atoms with Crippen LogP contribution in [0.4, 0.5) is 4.79 Å². The van der Waals surface area contributed by atoms with Gasteiger partial charge in [-0.05, 0) is 38.0 Å². The van der Waals surface area contributed by atoms with Crippen molar-refractivity contribution in [2.75, 3.05) is 7.11 Å². The van der Waals surface area contributed by atoms with Crippen LogP contribution in [0.15, 0.2) is 30.3 Å². The quantitative estimate of drug-likeness (QED) is 0.684. The number of carbonyl (C=O) groups excluding carboxylic acids is 2. The van der Waals surface area contributed by atoms with Gasteiger partial charge in [0.05, 0.1) is 7.11 Å². The Morgan fingerprint density at radius 2 is 1.90 bits per heavy atom. The van der Waals surface area contributed by atoms with Gasteiger partial charge in [-0.1, -0.05) is 24.3 Å². The molecule has 114 valence electrons. The molecule has 1 N–H and O–H groups in total. The molecule has 1 amide bonds. The molecule has 1 rings (SSSR count). The topological polar surface area (TPSA) is 64.6 Å². The molecule has 5 nitrogen and oxygen atoms in total. The van der Waals surface area contributed by atoms with Crippen molar-refractivity contribution in [1.82, 2.24) is 5.32 Å². The summed E-state index contributed by atoms with van der Waals surface area (Å²) in [5.41, 5.74) is 1.18. The van der Waals surface area contributed by atoms with Crippen LogP contribution in [0.2, 0.25) is 0 Å². The van der Waals surface area contributed by atoms with E-state index in [9.17, 15) is 9.59 Å². The average Bonchev–Trinajstić information content (AvgIpc) is 2.41. The van der Waals surface area contributed by atoms with Gasteiger partial charge in [0.25, 0.3) is 0 Å². The summed E-state index contributed by atoms with van der Waals surface area (Å²) in [6, 6.07) is 7.44. The zero-order valence-electron chi connectivity index (χ0n) is 12.8. The smallest absolute Gasteiger partial charge is 0.407 e. The lowest BCUT2D eigenvalue weighted by Crippen LogP contribution is -2.32. The Balaban J connectivity index is 2.69. The van der Waals surface area contributed by atoms with Gasteiger partial charge < -0.3 is 14.8 Å². The molecule has 0 bridgehead atoms. The van der Waals surface area contributed by atoms with Crippen molar-refractivity contribution >= 4 is 18.1 Å². The molecule has 0 atom stereocenters. The van der Waals surface area contributed by atoms with Crippen molar-refractivity contribution in [3.63, 3.8) is 0 Å². The first-order valence-electron chi connectivity index (χ1n) is 6.62. The Morgan fingerprint density at radius 1 is 1.24 bits per heavy atom. The fraction of sp³-hybridized carbons (Fsp3) is 0.375. The molecule has 0 aliphatic heterocycles. The van der Waals surface area contributed by atoms with Crippen molar-refractivity contribution in [3.8, 4) is 0 Å². The zero-order valence-corrected chi connectivity index (χ0v) is 12.8. The summed E-state index contributed by atoms with van der Waals surface area (Å²) in [5, 5.41) is 2.69. The van der Waals surface area contributed by atoms with E-state index in [1.165, 1.54) is 13.2 Å². The maximum Gasteiger partial charge on any atom is 0.407 e. The third-order valence-corrected chi connectivity index (χ3v) is 2.48. The van der Waals surface area contributed by atoms with Crippen molar-refractivity contribution in [2.24, 2.45) is 0 Å². The molecule has 0 heterocycles. The predicted octanol–water partition coefficient (Wildman–Crippen LogP) is 2.90. The van der Waals surface area contributed by atoms with Crippen molar-refractivity contribution < 1.29 is 19.1 Å². The van der Waals surface area contributed by atoms with Gasteiger partial charge >= 0.3 is 12.1 Å². The molecular formula is C16H21NO4. The minimum atomic E-state index is -0.533. The van der Waals surface area contributed by atoms with Crippen LogP contribution in [0.1, 0.15) is 31.9 Å². The Morgan fingerprint density at radius 3 is 2.52 bits per heavy atom. The number of hydrogen-bond donors (Lipinski definition) is 1. The first kappa shape index (κ1) is 16.8. The average molecular weight is 291 g/mol. The number of hydrogen-bond acceptors (Lipinski definition) is 4. The number of amides is 1. The zero-order chi connectivity index (χ0) is 15.9. The lowest BCUT2D eigenvalue weighted by atomic mass is 10.1. The van der Waals surface area contributed by atoms with E-state index < -0.39 is 17.7 Å². The largest absolute Gasteiger partial charge is 0.466 e. The normalized spacial score (nSPS) is 11.2. The van der Waals surface area contributed by atoms with Crippen LogP contribution in [0.3, 0.4) is 0 Å². The summed E-state index contributed by atoms with van der Waals surface area (Å²) in [6.07, 6.45) is 2.51. The van der Waals surface area contributed by atoms with E-state index in [0.717, 1.165) is 11.1 Å². The summed E-state index contributed by atoms with van der Waals surface area (Å²) >= 11 is 0. The van der Waals surface area contributed by atoms with E-state index in [0.29, 0.717) is 6.54 Å². The Hall–Kier alpha value is -2.30. The van der Waals surface area contributed by atoms with Gasteiger partial charge in [-0.25, -0.2) is 9.59 Å². The predicted molar refractivity (Wildman–Crippen MR) is 80.6 cm³/mol. The highest BCUT2D eigenvalue weighted by Gasteiger charge is 2.15. The van der Waals surface area contributed by atoms with E-state index in [2.05, 4.69) is 10.1 Å². The van der Waals surface area contributed by atoms with Crippen LogP contribution in [0.25, 0.3) is 6.08 Å². The van der Waals surface area contributed by atoms with E-state index in [1.54, 1.807) is 26.8 Å². The second kappa shape index (κ2) is 7.47. The van der Waals surface area contributed by atoms with Gasteiger partial charge in [0, 0.05) is 12.6 Å². The van der Waals surface area contributed by atoms with Crippen LogP contribution in [-0.2, 0) is 20.8 Å². The summed E-state index contributed by atoms with van der Waals surface area (Å²) in [7, 11) is 1.32. The molecule has 0 saturated heterocycles. The van der Waals surface area contributed by atoms with Crippen molar-refractivity contribution in [1.29, 1.82) is 0 Å². The number of methoxy groups -OCH3 is 1. The molecule has 21 heavy (non-hydrogen) atoms. The maximum atomic E-state index is 11.6. The van der Waals surface area contributed by atoms with E-state index in [4.69, 9.17) is 4.74 Å². The highest BCUT2D eigenvalue weighted by atomic mass is 16.6. The Labute approximate surface area is 124 Å². The number of alkyl carbamates (subject to hydrolysis) is 1. The van der Waals surface area contributed by atoms with Crippen LogP contribution < -0.4 is 5.32 Å². The van der Waals surface area contributed by atoms with Gasteiger partial charge in [-0.15, -0.1) is 0 Å². The first-order valence-corrected chi connectivity index (χ1v) is 6.62. The molecule has 1 aromatic carbocycles. The molecule has 0 radical (unpaired) electrons. The Bertz CT molecular complexity index is 529. The number of nitrogens with one attached hydrogen (secondary N) is 1. The lowest BCUT2D eigenvalue weighted by Gasteiger charge is -2.19. The molecule has 0 saturated carbocycles. The minimum absolute atomic E-state index is 0.316. The van der Waals surface area contributed by atoms with Gasteiger partial charge in [0.2, 0.25) is 0 Å². The number of ether oxygens (including phenoxy) is 2. The maximum absolute atomic E-state index is 11.6. The molecular weight excluding hydrogens is 270 g/mol. The summed E-state index contributed by atoms with van der Waals surface area (Å²) in [5.74, 6) is -0.426. The van der Waals surface area contributed by atoms with E-state index in [1.807, 2.05) is 24.3 Å². The third kappa shape index (κ3) is 6.61. The summed E-state index contributed by atoms with van der Waals surface area (Å²) < 4.78 is 9.72. The molecule has 0 spiro atoms. The van der Waals surface area contributed by atoms with Crippen LogP contribution in [0, 0.1) is 0 Å². The Kier molecular flexibility index (Phi) is 5.96. The third-order valence-electron chi connectivity index (χ3n) is 2.48. The fourth-order valence-corrected chi connectivity index (χ4v) is 1.57. The van der Waals surface area contributed by atoms with E-state index in [-0.39, 0.29) is 0 Å². The first-order chi connectivity index (χ1) is 9.81. The molecule has 0 fully saturated rings. The SMILES string of the molecule is COC(=O)/C=C/c1ccccc1CNC(=O)OC(C)(C)C. The lowest BCUT2D eigenvalue weighted by molar-refractivity contribution is -0.134. The minimum Gasteiger partial charge on any atom is -0.466 e. The molecule has 0 unspecified atom stereocenters. The van der Waals surface area contributed by atoms with Crippen LogP contribution >= 0.6 is 0 Å². The van der Waals surface area contributed by atoms with Crippen molar-refractivity contribution in [2.45, 2.75) is 32.9 Å². The number of carbonyl (C=O) groups is 2. The van der Waals surface area contributed by atoms with Gasteiger partial charge in [0.1, 0.15) is 5.60 Å². The molecule has 0 aromatic heterocycles. The van der Waals surface area contributed by atoms with Gasteiger partial charge in [0.15, 0.2) is 0 Å². The number of rotatable bonds is 4. The number of esters is 1. The van der Waals surface area contributed by atoms with Crippen molar-refractivity contribution in [3.05, 3.63) is 41.5 Å².